The van der Waals surface area contributed by atoms with E-state index in [9.17, 15) is 9.59 Å². The van der Waals surface area contributed by atoms with Crippen molar-refractivity contribution in [2.75, 3.05) is 13.2 Å². The van der Waals surface area contributed by atoms with Crippen LogP contribution in [0.2, 0.25) is 0 Å². The van der Waals surface area contributed by atoms with Crippen molar-refractivity contribution in [3.05, 3.63) is 34.0 Å². The number of rotatable bonds is 3. The molecule has 2 amide bonds. The zero-order valence-corrected chi connectivity index (χ0v) is 14.6. The van der Waals surface area contributed by atoms with E-state index in [4.69, 9.17) is 0 Å². The molecule has 4 atom stereocenters. The highest BCUT2D eigenvalue weighted by Gasteiger charge is 2.50. The molecule has 3 heterocycles. The Labute approximate surface area is 146 Å². The Bertz CT molecular complexity index is 695. The fraction of sp³-hybridized carbons (Fsp3) is 0.579. The Morgan fingerprint density at radius 3 is 2.50 bits per heavy atom. The summed E-state index contributed by atoms with van der Waals surface area (Å²) in [6.45, 7) is 1.61. The molecule has 2 aliphatic heterocycles. The van der Waals surface area contributed by atoms with E-state index in [0.717, 1.165) is 31.7 Å². The average molecular weight is 343 g/mol. The average Bonchev–Trinajstić information content (AvgIpc) is 3.28. The first kappa shape index (κ1) is 14.8. The first-order chi connectivity index (χ1) is 11.7. The number of allylic oxidation sites excluding steroid dienone is 2. The van der Waals surface area contributed by atoms with Crippen molar-refractivity contribution >= 4 is 23.2 Å². The number of hydrogen-bond donors (Lipinski definition) is 1. The van der Waals surface area contributed by atoms with Gasteiger partial charge in [-0.2, -0.15) is 0 Å². The molecule has 5 rings (SSSR count). The first-order valence-electron chi connectivity index (χ1n) is 9.15. The van der Waals surface area contributed by atoms with E-state index >= 15 is 0 Å². The first-order valence-corrected chi connectivity index (χ1v) is 10.0. The Hall–Kier alpha value is -1.46. The van der Waals surface area contributed by atoms with Crippen LogP contribution in [0.4, 0.5) is 0 Å². The molecule has 0 bridgehead atoms. The summed E-state index contributed by atoms with van der Waals surface area (Å²) in [5.41, 5.74) is 1.49. The smallest absolute Gasteiger partial charge is 0.237 e. The lowest BCUT2D eigenvalue weighted by Gasteiger charge is -2.35. The van der Waals surface area contributed by atoms with Gasteiger partial charge in [0.25, 0.3) is 0 Å². The van der Waals surface area contributed by atoms with Crippen molar-refractivity contribution < 1.29 is 14.5 Å². The van der Waals surface area contributed by atoms with Gasteiger partial charge < -0.3 is 4.90 Å². The molecule has 0 radical (unpaired) electrons. The van der Waals surface area contributed by atoms with Gasteiger partial charge in [0.05, 0.1) is 18.4 Å². The van der Waals surface area contributed by atoms with Crippen LogP contribution >= 0.6 is 11.3 Å². The van der Waals surface area contributed by atoms with Crippen molar-refractivity contribution in [3.8, 4) is 0 Å². The summed E-state index contributed by atoms with van der Waals surface area (Å²) in [5, 5.41) is 2.20. The molecule has 2 aliphatic carbocycles. The quantitative estimate of drug-likeness (QED) is 0.668. The standard InChI is InChI=1S/C19H22N2O2S/c22-18-13-3-1-2-4-14(13)19(23)21(18)11-20-9-7-16-15(8-10-24-16)17(20)12-5-6-12/h1-2,8,10,12-14,17H,3-7,9,11H2/p+1/t13-,14+,17-/m1/s1. The number of fused-ring (bicyclic) bond motifs is 2. The van der Waals surface area contributed by atoms with Crippen molar-refractivity contribution in [2.45, 2.75) is 38.1 Å². The largest absolute Gasteiger partial charge is 0.311 e. The predicted molar refractivity (Wildman–Crippen MR) is 91.4 cm³/mol. The number of carbonyl (C=O) groups is 2. The number of amides is 2. The van der Waals surface area contributed by atoms with Gasteiger partial charge in [0, 0.05) is 22.8 Å². The molecular weight excluding hydrogens is 320 g/mol. The van der Waals surface area contributed by atoms with Crippen LogP contribution in [0, 0.1) is 17.8 Å². The second-order valence-corrected chi connectivity index (χ2v) is 8.69. The van der Waals surface area contributed by atoms with Crippen LogP contribution < -0.4 is 4.90 Å². The van der Waals surface area contributed by atoms with Gasteiger partial charge in [-0.15, -0.1) is 11.3 Å². The minimum absolute atomic E-state index is 0.0764. The number of nitrogens with zero attached hydrogens (tertiary/aromatic N) is 1. The molecule has 1 N–H and O–H groups in total. The number of likely N-dealkylation sites (tertiary alicyclic amines) is 1. The summed E-state index contributed by atoms with van der Waals surface area (Å²) in [7, 11) is 0. The number of thiophene rings is 1. The Morgan fingerprint density at radius 1 is 1.12 bits per heavy atom. The Balaban J connectivity index is 1.39. The van der Waals surface area contributed by atoms with Gasteiger partial charge in [-0.05, 0) is 37.1 Å². The van der Waals surface area contributed by atoms with Crippen LogP contribution in [0.1, 0.15) is 42.2 Å². The number of quaternary nitrogens is 1. The van der Waals surface area contributed by atoms with Crippen LogP contribution in [0.5, 0.6) is 0 Å². The summed E-state index contributed by atoms with van der Waals surface area (Å²) in [4.78, 5) is 30.1. The molecule has 126 valence electrons. The van der Waals surface area contributed by atoms with Crippen molar-refractivity contribution in [1.82, 2.24) is 4.90 Å². The van der Waals surface area contributed by atoms with Gasteiger partial charge in [0.1, 0.15) is 6.04 Å². The maximum Gasteiger partial charge on any atom is 0.237 e. The van der Waals surface area contributed by atoms with E-state index < -0.39 is 0 Å². The molecule has 1 unspecified atom stereocenters. The van der Waals surface area contributed by atoms with E-state index in [1.165, 1.54) is 28.2 Å². The van der Waals surface area contributed by atoms with Crippen LogP contribution in [-0.2, 0) is 16.0 Å². The minimum Gasteiger partial charge on any atom is -0.311 e. The number of nitrogens with one attached hydrogen (secondary N) is 1. The van der Waals surface area contributed by atoms with E-state index in [0.29, 0.717) is 12.7 Å². The monoisotopic (exact) mass is 343 g/mol. The molecule has 0 spiro atoms. The molecule has 0 aromatic carbocycles. The van der Waals surface area contributed by atoms with Gasteiger partial charge in [-0.1, -0.05) is 12.2 Å². The topological polar surface area (TPSA) is 41.8 Å². The summed E-state index contributed by atoms with van der Waals surface area (Å²) in [6, 6.07) is 2.76. The van der Waals surface area contributed by atoms with E-state index in [1.54, 1.807) is 4.90 Å². The van der Waals surface area contributed by atoms with Crippen LogP contribution in [0.25, 0.3) is 0 Å². The lowest BCUT2D eigenvalue weighted by atomic mass is 9.85. The maximum absolute atomic E-state index is 12.8. The summed E-state index contributed by atoms with van der Waals surface area (Å²) in [5.74, 6) is 0.705. The lowest BCUT2D eigenvalue weighted by Crippen LogP contribution is -3.15. The van der Waals surface area contributed by atoms with Gasteiger partial charge in [0.2, 0.25) is 11.8 Å². The molecule has 1 saturated carbocycles. The van der Waals surface area contributed by atoms with Crippen molar-refractivity contribution in [1.29, 1.82) is 0 Å². The summed E-state index contributed by atoms with van der Waals surface area (Å²) >= 11 is 1.87. The van der Waals surface area contributed by atoms with Gasteiger partial charge in [0.15, 0.2) is 6.67 Å². The number of imide groups is 1. The van der Waals surface area contributed by atoms with Crippen LogP contribution in [0.15, 0.2) is 23.6 Å². The Kier molecular flexibility index (Phi) is 3.42. The predicted octanol–water partition coefficient (Wildman–Crippen LogP) is 1.55. The molecule has 24 heavy (non-hydrogen) atoms. The molecule has 4 aliphatic rings. The fourth-order valence-electron chi connectivity index (χ4n) is 4.90. The highest BCUT2D eigenvalue weighted by molar-refractivity contribution is 7.10. The molecule has 1 saturated heterocycles. The molecular formula is C19H23N2O2S+. The van der Waals surface area contributed by atoms with Gasteiger partial charge in [-0.3, -0.25) is 9.59 Å². The molecule has 5 heteroatoms. The van der Waals surface area contributed by atoms with Gasteiger partial charge in [-0.25, -0.2) is 4.90 Å². The molecule has 1 aromatic heterocycles. The number of carbonyl (C=O) groups excluding carboxylic acids is 2. The van der Waals surface area contributed by atoms with E-state index in [1.807, 2.05) is 11.3 Å². The molecule has 2 fully saturated rings. The fourth-order valence-corrected chi connectivity index (χ4v) is 5.83. The highest BCUT2D eigenvalue weighted by Crippen LogP contribution is 2.43. The minimum atomic E-state index is -0.0947. The van der Waals surface area contributed by atoms with Crippen LogP contribution in [-0.4, -0.2) is 29.9 Å². The third-order valence-corrected chi connectivity index (χ3v) is 7.28. The van der Waals surface area contributed by atoms with E-state index in [2.05, 4.69) is 23.6 Å². The lowest BCUT2D eigenvalue weighted by molar-refractivity contribution is -0.943. The third kappa shape index (κ3) is 2.21. The zero-order valence-electron chi connectivity index (χ0n) is 13.7. The van der Waals surface area contributed by atoms with E-state index in [-0.39, 0.29) is 23.7 Å². The maximum atomic E-state index is 12.8. The zero-order chi connectivity index (χ0) is 16.3. The van der Waals surface area contributed by atoms with Crippen molar-refractivity contribution in [2.24, 2.45) is 17.8 Å². The molecule has 1 aromatic rings. The van der Waals surface area contributed by atoms with Crippen LogP contribution in [0.3, 0.4) is 0 Å². The van der Waals surface area contributed by atoms with Gasteiger partial charge >= 0.3 is 0 Å². The van der Waals surface area contributed by atoms with Crippen molar-refractivity contribution in [3.63, 3.8) is 0 Å². The Morgan fingerprint density at radius 2 is 1.83 bits per heavy atom. The number of hydrogen-bond acceptors (Lipinski definition) is 3. The summed E-state index contributed by atoms with van der Waals surface area (Å²) < 4.78 is 0. The normalized spacial score (nSPS) is 35.2. The highest BCUT2D eigenvalue weighted by atomic mass is 32.1. The second-order valence-electron chi connectivity index (χ2n) is 7.69. The second kappa shape index (κ2) is 5.53. The molecule has 4 nitrogen and oxygen atoms in total. The third-order valence-electron chi connectivity index (χ3n) is 6.28. The summed E-state index contributed by atoms with van der Waals surface area (Å²) in [6.07, 6.45) is 9.27. The SMILES string of the molecule is O=C1[C@H]2CC=CC[C@H]2C(=O)N1C[NH+]1CCc2sccc2[C@H]1C1CC1.